The van der Waals surface area contributed by atoms with Crippen LogP contribution in [-0.4, -0.2) is 47.4 Å². The van der Waals surface area contributed by atoms with Crippen LogP contribution in [0.4, 0.5) is 0 Å². The van der Waals surface area contributed by atoms with E-state index in [2.05, 4.69) is 39.9 Å². The highest BCUT2D eigenvalue weighted by Gasteiger charge is 2.48. The molecule has 2 aromatic rings. The Kier molecular flexibility index (Phi) is 6.16. The van der Waals surface area contributed by atoms with Crippen molar-refractivity contribution in [3.63, 3.8) is 0 Å². The fraction of sp³-hybridized carbons (Fsp3) is 0.560. The number of likely N-dealkylation sites (tertiary alicyclic amines) is 1. The first-order chi connectivity index (χ1) is 15.2. The molecule has 2 heterocycles. The zero-order valence-corrected chi connectivity index (χ0v) is 20.5. The second-order valence-electron chi connectivity index (χ2n) is 10.2. The van der Waals surface area contributed by atoms with Crippen molar-refractivity contribution in [3.05, 3.63) is 41.0 Å². The van der Waals surface area contributed by atoms with Crippen LogP contribution < -0.4 is 10.6 Å². The van der Waals surface area contributed by atoms with E-state index >= 15 is 0 Å². The van der Waals surface area contributed by atoms with Gasteiger partial charge in [0, 0.05) is 6.54 Å². The van der Waals surface area contributed by atoms with Gasteiger partial charge in [-0.1, -0.05) is 45.0 Å². The van der Waals surface area contributed by atoms with E-state index in [0.717, 1.165) is 42.5 Å². The van der Waals surface area contributed by atoms with E-state index in [0.29, 0.717) is 6.54 Å². The molecule has 172 valence electrons. The molecule has 1 saturated carbocycles. The number of carbonyl (C=O) groups excluding carboxylic acids is 2. The van der Waals surface area contributed by atoms with E-state index < -0.39 is 6.04 Å². The predicted molar refractivity (Wildman–Crippen MR) is 128 cm³/mol. The molecular weight excluding hydrogens is 420 g/mol. The molecule has 1 aliphatic carbocycles. The van der Waals surface area contributed by atoms with Gasteiger partial charge in [0.25, 0.3) is 0 Å². The maximum absolute atomic E-state index is 13.3. The van der Waals surface area contributed by atoms with Gasteiger partial charge in [-0.05, 0) is 56.2 Å². The summed E-state index contributed by atoms with van der Waals surface area (Å²) in [7, 11) is 1.82. The molecule has 0 bridgehead atoms. The number of thiazole rings is 1. The van der Waals surface area contributed by atoms with Crippen LogP contribution in [0.3, 0.4) is 0 Å². The number of carbonyl (C=O) groups is 2. The Morgan fingerprint density at radius 2 is 1.91 bits per heavy atom. The summed E-state index contributed by atoms with van der Waals surface area (Å²) in [6.45, 7) is 8.81. The number of hydrogen-bond acceptors (Lipinski definition) is 5. The molecule has 4 rings (SSSR count). The van der Waals surface area contributed by atoms with Crippen molar-refractivity contribution >= 4 is 23.2 Å². The highest BCUT2D eigenvalue weighted by molar-refractivity contribution is 7.13. The molecule has 1 aliphatic heterocycles. The first-order valence-electron chi connectivity index (χ1n) is 11.5. The summed E-state index contributed by atoms with van der Waals surface area (Å²) in [5.74, 6) is -0.00809. The average molecular weight is 455 g/mol. The van der Waals surface area contributed by atoms with Crippen LogP contribution in [0.1, 0.15) is 57.7 Å². The molecule has 1 aromatic carbocycles. The average Bonchev–Trinajstić information content (AvgIpc) is 3.15. The van der Waals surface area contributed by atoms with Crippen LogP contribution >= 0.6 is 11.3 Å². The molecule has 2 atom stereocenters. The van der Waals surface area contributed by atoms with Gasteiger partial charge in [-0.2, -0.15) is 0 Å². The van der Waals surface area contributed by atoms with E-state index in [1.807, 2.05) is 40.3 Å². The maximum atomic E-state index is 13.3. The number of nitrogens with zero attached hydrogens (tertiary/aromatic N) is 2. The van der Waals surface area contributed by atoms with Gasteiger partial charge in [-0.15, -0.1) is 11.3 Å². The number of rotatable bonds is 6. The smallest absolute Gasteiger partial charge is 0.243 e. The molecular formula is C25H34N4O2S. The molecule has 7 heteroatoms. The lowest BCUT2D eigenvalue weighted by Gasteiger charge is -2.35. The standard InChI is InChI=1S/C25H34N4O2S/c1-16-20(32-15-27-16)17-8-10-18(11-9-17)25(12-13-25)28-22(30)19-7-6-14-29(19)23(31)21(26-5)24(2,3)4/h8-11,15,19,21,26H,6-7,12-14H2,1-5H3,(H,28,30). The van der Waals surface area contributed by atoms with E-state index in [-0.39, 0.29) is 28.8 Å². The molecule has 32 heavy (non-hydrogen) atoms. The van der Waals surface area contributed by atoms with Crippen LogP contribution in [0, 0.1) is 12.3 Å². The van der Waals surface area contributed by atoms with Crippen LogP contribution in [0.2, 0.25) is 0 Å². The Labute approximate surface area is 194 Å². The Morgan fingerprint density at radius 3 is 2.44 bits per heavy atom. The summed E-state index contributed by atoms with van der Waals surface area (Å²) in [5.41, 5.74) is 4.68. The number of hydrogen-bond donors (Lipinski definition) is 2. The second-order valence-corrected chi connectivity index (χ2v) is 11.0. The Bertz CT molecular complexity index is 988. The van der Waals surface area contributed by atoms with Crippen molar-refractivity contribution in [2.24, 2.45) is 5.41 Å². The lowest BCUT2D eigenvalue weighted by Crippen LogP contribution is -2.56. The number of nitrogens with one attached hydrogen (secondary N) is 2. The first-order valence-corrected chi connectivity index (χ1v) is 12.3. The van der Waals surface area contributed by atoms with Gasteiger partial charge in [0.1, 0.15) is 6.04 Å². The molecule has 2 fully saturated rings. The fourth-order valence-electron chi connectivity index (χ4n) is 4.85. The van der Waals surface area contributed by atoms with Crippen molar-refractivity contribution in [2.45, 2.75) is 71.0 Å². The van der Waals surface area contributed by atoms with Crippen LogP contribution in [0.25, 0.3) is 10.4 Å². The van der Waals surface area contributed by atoms with E-state index in [1.54, 1.807) is 16.2 Å². The van der Waals surface area contributed by atoms with Crippen molar-refractivity contribution in [1.82, 2.24) is 20.5 Å². The van der Waals surface area contributed by atoms with Gasteiger partial charge in [0.2, 0.25) is 11.8 Å². The molecule has 1 aromatic heterocycles. The molecule has 0 radical (unpaired) electrons. The van der Waals surface area contributed by atoms with Crippen molar-refractivity contribution in [3.8, 4) is 10.4 Å². The molecule has 2 aliphatic rings. The van der Waals surface area contributed by atoms with E-state index in [9.17, 15) is 9.59 Å². The highest BCUT2D eigenvalue weighted by atomic mass is 32.1. The fourth-order valence-corrected chi connectivity index (χ4v) is 5.66. The summed E-state index contributed by atoms with van der Waals surface area (Å²) in [6, 6.07) is 7.78. The molecule has 1 saturated heterocycles. The highest BCUT2D eigenvalue weighted by Crippen LogP contribution is 2.46. The largest absolute Gasteiger partial charge is 0.345 e. The van der Waals surface area contributed by atoms with Crippen LogP contribution in [0.5, 0.6) is 0 Å². The molecule has 0 spiro atoms. The molecule has 2 N–H and O–H groups in total. The summed E-state index contributed by atoms with van der Waals surface area (Å²) < 4.78 is 0. The molecule has 6 nitrogen and oxygen atoms in total. The monoisotopic (exact) mass is 454 g/mol. The predicted octanol–water partition coefficient (Wildman–Crippen LogP) is 3.85. The number of aryl methyl sites for hydroxylation is 1. The third kappa shape index (κ3) is 4.33. The van der Waals surface area contributed by atoms with Crippen LogP contribution in [-0.2, 0) is 15.1 Å². The van der Waals surface area contributed by atoms with E-state index in [1.165, 1.54) is 4.88 Å². The van der Waals surface area contributed by atoms with Crippen LogP contribution in [0.15, 0.2) is 29.8 Å². The Balaban J connectivity index is 1.47. The summed E-state index contributed by atoms with van der Waals surface area (Å²) in [4.78, 5) is 33.9. The number of benzene rings is 1. The zero-order chi connectivity index (χ0) is 23.1. The van der Waals surface area contributed by atoms with Crippen molar-refractivity contribution in [1.29, 1.82) is 0 Å². The first kappa shape index (κ1) is 22.9. The number of aromatic nitrogens is 1. The van der Waals surface area contributed by atoms with Crippen molar-refractivity contribution in [2.75, 3.05) is 13.6 Å². The minimum atomic E-state index is -0.391. The normalized spacial score (nSPS) is 20.8. The quantitative estimate of drug-likeness (QED) is 0.695. The van der Waals surface area contributed by atoms with Crippen molar-refractivity contribution < 1.29 is 9.59 Å². The number of amides is 2. The van der Waals surface area contributed by atoms with Gasteiger partial charge >= 0.3 is 0 Å². The minimum absolute atomic E-state index is 0.0202. The second kappa shape index (κ2) is 8.60. The van der Waals surface area contributed by atoms with Gasteiger partial charge in [-0.3, -0.25) is 9.59 Å². The lowest BCUT2D eigenvalue weighted by atomic mass is 9.86. The molecule has 2 unspecified atom stereocenters. The lowest BCUT2D eigenvalue weighted by molar-refractivity contribution is -0.142. The maximum Gasteiger partial charge on any atom is 0.243 e. The Morgan fingerprint density at radius 1 is 1.22 bits per heavy atom. The third-order valence-corrected chi connectivity index (χ3v) is 7.78. The topological polar surface area (TPSA) is 74.3 Å². The van der Waals surface area contributed by atoms with Gasteiger partial charge in [0.05, 0.1) is 27.7 Å². The van der Waals surface area contributed by atoms with Gasteiger partial charge in [0.15, 0.2) is 0 Å². The SMILES string of the molecule is CNC(C(=O)N1CCCC1C(=O)NC1(c2ccc(-c3scnc3C)cc2)CC1)C(C)(C)C. The third-order valence-electron chi connectivity index (χ3n) is 6.80. The molecule has 2 amide bonds. The number of likely N-dealkylation sites (N-methyl/N-ethyl adjacent to an activating group) is 1. The summed E-state index contributed by atoms with van der Waals surface area (Å²) >= 11 is 1.64. The Hall–Kier alpha value is -2.25. The van der Waals surface area contributed by atoms with Gasteiger partial charge in [-0.25, -0.2) is 4.98 Å². The zero-order valence-electron chi connectivity index (χ0n) is 19.7. The summed E-state index contributed by atoms with van der Waals surface area (Å²) in [5, 5.41) is 6.47. The minimum Gasteiger partial charge on any atom is -0.345 e. The summed E-state index contributed by atoms with van der Waals surface area (Å²) in [6.07, 6.45) is 3.44. The van der Waals surface area contributed by atoms with Gasteiger partial charge < -0.3 is 15.5 Å². The van der Waals surface area contributed by atoms with E-state index in [4.69, 9.17) is 0 Å².